The number of aromatic nitrogens is 3. The van der Waals surface area contributed by atoms with Gasteiger partial charge in [0.1, 0.15) is 16.3 Å². The Morgan fingerprint density at radius 2 is 1.98 bits per heavy atom. The van der Waals surface area contributed by atoms with Gasteiger partial charge in [-0.1, -0.05) is 0 Å². The molecule has 12 nitrogen and oxygen atoms in total. The van der Waals surface area contributed by atoms with Gasteiger partial charge >= 0.3 is 6.18 Å². The lowest BCUT2D eigenvalue weighted by molar-refractivity contribution is -0.137. The van der Waals surface area contributed by atoms with E-state index in [4.69, 9.17) is 14.5 Å². The number of fused-ring (bicyclic) bond motifs is 1. The van der Waals surface area contributed by atoms with Crippen molar-refractivity contribution in [3.63, 3.8) is 0 Å². The number of pyridine rings is 1. The van der Waals surface area contributed by atoms with E-state index >= 15 is 0 Å². The van der Waals surface area contributed by atoms with E-state index in [1.54, 1.807) is 0 Å². The molecule has 4 aliphatic rings. The zero-order chi connectivity index (χ0) is 32.2. The number of alkyl halides is 3. The van der Waals surface area contributed by atoms with Crippen molar-refractivity contribution >= 4 is 67.4 Å². The number of hydrogen-bond donors (Lipinski definition) is 2. The largest absolute Gasteiger partial charge is 0.420 e. The number of thiophene rings is 1. The summed E-state index contributed by atoms with van der Waals surface area (Å²) in [6.07, 6.45) is -2.31. The fourth-order valence-corrected chi connectivity index (χ4v) is 9.20. The van der Waals surface area contributed by atoms with E-state index in [0.717, 1.165) is 37.0 Å². The van der Waals surface area contributed by atoms with Crippen molar-refractivity contribution in [2.75, 3.05) is 60.2 Å². The van der Waals surface area contributed by atoms with E-state index in [9.17, 15) is 26.4 Å². The third kappa shape index (κ3) is 6.43. The van der Waals surface area contributed by atoms with Crippen LogP contribution in [0, 0.1) is 0 Å². The second-order valence-electron chi connectivity index (χ2n) is 11.5. The van der Waals surface area contributed by atoms with E-state index in [1.165, 1.54) is 4.90 Å². The zero-order valence-corrected chi connectivity index (χ0v) is 28.0. The highest BCUT2D eigenvalue weighted by molar-refractivity contribution is 14.1. The average molecular weight is 792 g/mol. The zero-order valence-electron chi connectivity index (χ0n) is 24.2. The molecule has 0 bridgehead atoms. The summed E-state index contributed by atoms with van der Waals surface area (Å²) in [5, 5.41) is 6.47. The van der Waals surface area contributed by atoms with Crippen molar-refractivity contribution < 1.29 is 35.9 Å². The van der Waals surface area contributed by atoms with Crippen molar-refractivity contribution in [3.05, 3.63) is 40.5 Å². The summed E-state index contributed by atoms with van der Waals surface area (Å²) in [4.78, 5) is 27.4. The lowest BCUT2D eigenvalue weighted by Gasteiger charge is -2.36. The Bertz CT molecular complexity index is 1760. The molecule has 3 fully saturated rings. The van der Waals surface area contributed by atoms with Crippen LogP contribution in [0.25, 0.3) is 10.6 Å². The highest BCUT2D eigenvalue weighted by Gasteiger charge is 2.41. The SMILES string of the molecule is O=C1c2sc(-c3nc(Nc4ccc(N(I)CC5COCCN5)nc4C4CC4)ncc3C(F)(F)F)cc2S(=O)(=O)CCN1C1COC1. The first-order chi connectivity index (χ1) is 22.0. The summed E-state index contributed by atoms with van der Waals surface area (Å²) in [6.45, 7) is 3.27. The number of halogens is 4. The van der Waals surface area contributed by atoms with Gasteiger partial charge in [-0.25, -0.2) is 23.4 Å². The molecule has 46 heavy (non-hydrogen) atoms. The van der Waals surface area contributed by atoms with Crippen LogP contribution in [-0.4, -0.2) is 98.1 Å². The minimum absolute atomic E-state index is 0.0152. The molecule has 2 N–H and O–H groups in total. The van der Waals surface area contributed by atoms with Crippen LogP contribution < -0.4 is 13.7 Å². The number of hydrogen-bond acceptors (Lipinski definition) is 12. The van der Waals surface area contributed by atoms with Crippen molar-refractivity contribution in [2.45, 2.75) is 41.9 Å². The van der Waals surface area contributed by atoms with Crippen molar-refractivity contribution in [2.24, 2.45) is 0 Å². The number of rotatable bonds is 8. The molecule has 7 rings (SSSR count). The summed E-state index contributed by atoms with van der Waals surface area (Å²) < 4.78 is 81.7. The van der Waals surface area contributed by atoms with E-state index < -0.39 is 33.2 Å². The summed E-state index contributed by atoms with van der Waals surface area (Å²) in [7, 11) is -3.94. The molecule has 0 spiro atoms. The number of morpholine rings is 1. The first kappa shape index (κ1) is 31.9. The molecule has 1 atom stereocenters. The van der Waals surface area contributed by atoms with E-state index in [2.05, 4.69) is 43.5 Å². The number of carbonyl (C=O) groups excluding carboxylic acids is 1. The van der Waals surface area contributed by atoms with Crippen LogP contribution in [0.4, 0.5) is 30.6 Å². The van der Waals surface area contributed by atoms with Crippen LogP contribution in [-0.2, 0) is 25.5 Å². The molecule has 246 valence electrons. The van der Waals surface area contributed by atoms with Crippen LogP contribution in [0.3, 0.4) is 0 Å². The lowest BCUT2D eigenvalue weighted by atomic mass is 10.2. The number of anilines is 3. The van der Waals surface area contributed by atoms with Gasteiger partial charge in [-0.05, 0) is 31.0 Å². The first-order valence-electron chi connectivity index (χ1n) is 14.7. The normalized spacial score (nSPS) is 21.8. The number of sulfone groups is 1. The van der Waals surface area contributed by atoms with Crippen LogP contribution in [0.5, 0.6) is 0 Å². The molecule has 3 aromatic rings. The maximum atomic E-state index is 14.2. The van der Waals surface area contributed by atoms with Crippen LogP contribution in [0.1, 0.15) is 39.7 Å². The Hall–Kier alpha value is -2.65. The molecule has 1 saturated carbocycles. The second-order valence-corrected chi connectivity index (χ2v) is 15.8. The molecule has 1 unspecified atom stereocenters. The summed E-state index contributed by atoms with van der Waals surface area (Å²) in [5.41, 5.74) is -0.321. The monoisotopic (exact) mass is 791 g/mol. The predicted octanol–water partition coefficient (Wildman–Crippen LogP) is 4.01. The van der Waals surface area contributed by atoms with E-state index in [0.29, 0.717) is 43.0 Å². The summed E-state index contributed by atoms with van der Waals surface area (Å²) in [5.74, 6) is -0.0695. The maximum Gasteiger partial charge on any atom is 0.420 e. The number of ether oxygens (including phenoxy) is 2. The number of amides is 1. The van der Waals surface area contributed by atoms with Crippen LogP contribution in [0.15, 0.2) is 29.3 Å². The molecule has 1 amide bonds. The van der Waals surface area contributed by atoms with Gasteiger partial charge in [0.05, 0.1) is 87.9 Å². The number of nitrogens with zero attached hydrogens (tertiary/aromatic N) is 5. The molecular weight excluding hydrogens is 762 g/mol. The lowest BCUT2D eigenvalue weighted by Crippen LogP contribution is -2.52. The van der Waals surface area contributed by atoms with Gasteiger partial charge in [-0.15, -0.1) is 11.3 Å². The van der Waals surface area contributed by atoms with Crippen LogP contribution >= 0.6 is 34.2 Å². The molecule has 3 aliphatic heterocycles. The van der Waals surface area contributed by atoms with Crippen molar-refractivity contribution in [3.8, 4) is 10.6 Å². The topological polar surface area (TPSA) is 139 Å². The molecule has 1 aliphatic carbocycles. The molecule has 6 heterocycles. The highest BCUT2D eigenvalue weighted by Crippen LogP contribution is 2.45. The van der Waals surface area contributed by atoms with Gasteiger partial charge in [0.2, 0.25) is 5.95 Å². The van der Waals surface area contributed by atoms with Gasteiger partial charge in [0.25, 0.3) is 5.91 Å². The Morgan fingerprint density at radius 1 is 1.17 bits per heavy atom. The van der Waals surface area contributed by atoms with Crippen molar-refractivity contribution in [1.82, 2.24) is 25.2 Å². The fraction of sp³-hybridized carbons (Fsp3) is 0.500. The minimum Gasteiger partial charge on any atom is -0.378 e. The van der Waals surface area contributed by atoms with Gasteiger partial charge in [0.15, 0.2) is 9.84 Å². The van der Waals surface area contributed by atoms with E-state index in [1.807, 2.05) is 15.2 Å². The number of nitrogens with one attached hydrogen (secondary N) is 2. The first-order valence-corrected chi connectivity index (χ1v) is 18.1. The highest BCUT2D eigenvalue weighted by atomic mass is 127. The van der Waals surface area contributed by atoms with Gasteiger partial charge < -0.3 is 25.0 Å². The average Bonchev–Trinajstić information content (AvgIpc) is 3.75. The molecule has 2 saturated heterocycles. The molecule has 18 heteroatoms. The van der Waals surface area contributed by atoms with Gasteiger partial charge in [0, 0.05) is 37.8 Å². The molecule has 0 aromatic carbocycles. The summed E-state index contributed by atoms with van der Waals surface area (Å²) in [6, 6.07) is 4.63. The standard InChI is InChI=1S/C28H29F3IN7O5S2/c29-28(30,31)18-10-34-27(35-19-3-4-22(36-23(19)15-1-2-15)39(32)11-16-12-43-7-5-33-16)37-24(18)20-9-21-25(45-20)26(40)38(17-13-44-14-17)6-8-46(21,41)42/h3-4,9-10,15-17,33H,1-2,5-8,11-14H2,(H,34,35,37). The van der Waals surface area contributed by atoms with Gasteiger partial charge in [-0.2, -0.15) is 13.2 Å². The quantitative estimate of drug-likeness (QED) is 0.253. The third-order valence-electron chi connectivity index (χ3n) is 8.23. The third-order valence-corrected chi connectivity index (χ3v) is 12.1. The van der Waals surface area contributed by atoms with Crippen LogP contribution in [0.2, 0.25) is 0 Å². The Kier molecular flexibility index (Phi) is 8.62. The maximum absolute atomic E-state index is 14.2. The minimum atomic E-state index is -4.84. The van der Waals surface area contributed by atoms with Crippen molar-refractivity contribution in [1.29, 1.82) is 0 Å². The van der Waals surface area contributed by atoms with Gasteiger partial charge in [-0.3, -0.25) is 7.91 Å². The smallest absolute Gasteiger partial charge is 0.378 e. The molecular formula is C28H29F3IN7O5S2. The Labute approximate surface area is 280 Å². The fourth-order valence-electron chi connectivity index (χ4n) is 5.54. The number of carbonyl (C=O) groups is 1. The Balaban J connectivity index is 1.21. The Morgan fingerprint density at radius 3 is 2.65 bits per heavy atom. The molecule has 3 aromatic heterocycles. The second kappa shape index (κ2) is 12.4. The van der Waals surface area contributed by atoms with E-state index in [-0.39, 0.29) is 64.1 Å². The summed E-state index contributed by atoms with van der Waals surface area (Å²) >= 11 is 2.90. The molecule has 0 radical (unpaired) electrons. The predicted molar refractivity (Wildman–Crippen MR) is 172 cm³/mol.